The van der Waals surface area contributed by atoms with Gasteiger partial charge in [-0.1, -0.05) is 42.5 Å². The van der Waals surface area contributed by atoms with Gasteiger partial charge in [0.15, 0.2) is 0 Å². The highest BCUT2D eigenvalue weighted by molar-refractivity contribution is 5.72. The summed E-state index contributed by atoms with van der Waals surface area (Å²) in [5.74, 6) is 0. The van der Waals surface area contributed by atoms with Crippen LogP contribution in [0.15, 0.2) is 66.7 Å². The molecule has 0 unspecified atom stereocenters. The van der Waals surface area contributed by atoms with Crippen molar-refractivity contribution in [3.05, 3.63) is 66.7 Å². The minimum Gasteiger partial charge on any atom is -0.372 e. The topological polar surface area (TPSA) is 25.2 Å². The minimum absolute atomic E-state index is 0.362. The molecule has 1 aliphatic heterocycles. The molecule has 0 spiro atoms. The number of anilines is 1. The van der Waals surface area contributed by atoms with Crippen molar-refractivity contribution in [3.63, 3.8) is 0 Å². The van der Waals surface area contributed by atoms with E-state index in [2.05, 4.69) is 58.0 Å². The number of carbonyl (C=O) groups is 1. The smallest absolute Gasteiger partial charge is 0.139 e. The second-order valence-corrected chi connectivity index (χ2v) is 6.84. The van der Waals surface area contributed by atoms with Gasteiger partial charge in [-0.2, -0.15) is 0 Å². The van der Waals surface area contributed by atoms with E-state index in [0.717, 1.165) is 41.9 Å². The van der Waals surface area contributed by atoms with Crippen molar-refractivity contribution in [2.24, 2.45) is 0 Å². The largest absolute Gasteiger partial charge is 0.372 e. The lowest BCUT2D eigenvalue weighted by Crippen LogP contribution is -2.29. The van der Waals surface area contributed by atoms with Crippen LogP contribution >= 0.6 is 0 Å². The molecule has 0 saturated carbocycles. The van der Waals surface area contributed by atoms with Gasteiger partial charge in [0.05, 0.1) is 6.54 Å². The van der Waals surface area contributed by atoms with Gasteiger partial charge in [0.25, 0.3) is 0 Å². The lowest BCUT2D eigenvalue weighted by molar-refractivity contribution is -0.108. The normalized spacial score (nSPS) is 14.4. The van der Waals surface area contributed by atoms with Crippen LogP contribution in [-0.2, 0) is 11.3 Å². The first kappa shape index (κ1) is 16.6. The number of rotatable bonds is 5. The zero-order valence-corrected chi connectivity index (χ0v) is 15.0. The molecule has 3 nitrogen and oxygen atoms in total. The van der Waals surface area contributed by atoms with E-state index in [4.69, 9.17) is 0 Å². The SMILES string of the molecule is O=CCn1c(-c2ccccc2)ccc1-c1ccc(N2CCCCC2)cc1. The van der Waals surface area contributed by atoms with Crippen molar-refractivity contribution >= 4 is 12.0 Å². The predicted octanol–water partition coefficient (Wildman–Crippen LogP) is 5.01. The van der Waals surface area contributed by atoms with Crippen LogP contribution in [0.1, 0.15) is 19.3 Å². The number of benzene rings is 2. The average Bonchev–Trinajstić information content (AvgIpc) is 3.13. The summed E-state index contributed by atoms with van der Waals surface area (Å²) in [6, 6.07) is 23.2. The van der Waals surface area contributed by atoms with Crippen LogP contribution in [-0.4, -0.2) is 23.9 Å². The predicted molar refractivity (Wildman–Crippen MR) is 107 cm³/mol. The number of carbonyl (C=O) groups excluding carboxylic acids is 1. The van der Waals surface area contributed by atoms with Crippen LogP contribution in [0, 0.1) is 0 Å². The third-order valence-electron chi connectivity index (χ3n) is 5.19. The standard InChI is InChI=1S/C23H24N2O/c26-18-17-25-22(19-7-3-1-4-8-19)13-14-23(25)20-9-11-21(12-10-20)24-15-5-2-6-16-24/h1,3-4,7-14,18H,2,5-6,15-17H2. The lowest BCUT2D eigenvalue weighted by atomic mass is 10.1. The van der Waals surface area contributed by atoms with Gasteiger partial charge in [0.1, 0.15) is 6.29 Å². The molecule has 0 atom stereocenters. The zero-order valence-electron chi connectivity index (χ0n) is 15.0. The van der Waals surface area contributed by atoms with E-state index in [0.29, 0.717) is 6.54 Å². The first-order chi connectivity index (χ1) is 12.9. The van der Waals surface area contributed by atoms with E-state index in [9.17, 15) is 4.79 Å². The maximum atomic E-state index is 11.3. The van der Waals surface area contributed by atoms with E-state index >= 15 is 0 Å². The second kappa shape index (κ2) is 7.61. The fraction of sp³-hybridized carbons (Fsp3) is 0.261. The number of piperidine rings is 1. The van der Waals surface area contributed by atoms with Gasteiger partial charge in [-0.15, -0.1) is 0 Å². The minimum atomic E-state index is 0.362. The number of aldehydes is 1. The lowest BCUT2D eigenvalue weighted by Gasteiger charge is -2.28. The van der Waals surface area contributed by atoms with Crippen molar-refractivity contribution in [1.29, 1.82) is 0 Å². The van der Waals surface area contributed by atoms with E-state index < -0.39 is 0 Å². The Morgan fingerprint density at radius 2 is 1.35 bits per heavy atom. The summed E-state index contributed by atoms with van der Waals surface area (Å²) in [5, 5.41) is 0. The number of hydrogen-bond acceptors (Lipinski definition) is 2. The molecule has 2 heterocycles. The van der Waals surface area contributed by atoms with Gasteiger partial charge in [-0.3, -0.25) is 0 Å². The Kier molecular flexibility index (Phi) is 4.87. The van der Waals surface area contributed by atoms with E-state index in [1.165, 1.54) is 24.9 Å². The molecule has 1 aromatic heterocycles. The van der Waals surface area contributed by atoms with E-state index in [-0.39, 0.29) is 0 Å². The quantitative estimate of drug-likeness (QED) is 0.608. The van der Waals surface area contributed by atoms with Crippen molar-refractivity contribution in [1.82, 2.24) is 4.57 Å². The monoisotopic (exact) mass is 344 g/mol. The van der Waals surface area contributed by atoms with Crippen LogP contribution in [0.5, 0.6) is 0 Å². The Morgan fingerprint density at radius 3 is 1.96 bits per heavy atom. The van der Waals surface area contributed by atoms with E-state index in [1.54, 1.807) is 0 Å². The fourth-order valence-corrected chi connectivity index (χ4v) is 3.85. The summed E-state index contributed by atoms with van der Waals surface area (Å²) < 4.78 is 2.10. The molecule has 1 saturated heterocycles. The Bertz CT molecular complexity index is 859. The Morgan fingerprint density at radius 1 is 0.731 bits per heavy atom. The zero-order chi connectivity index (χ0) is 17.8. The van der Waals surface area contributed by atoms with Crippen LogP contribution < -0.4 is 4.90 Å². The maximum absolute atomic E-state index is 11.3. The van der Waals surface area contributed by atoms with E-state index in [1.807, 2.05) is 18.2 Å². The van der Waals surface area contributed by atoms with Gasteiger partial charge in [-0.05, 0) is 54.7 Å². The maximum Gasteiger partial charge on any atom is 0.139 e. The molecule has 4 rings (SSSR count). The Hall–Kier alpha value is -2.81. The molecule has 0 radical (unpaired) electrons. The molecule has 0 amide bonds. The van der Waals surface area contributed by atoms with Crippen LogP contribution in [0.4, 0.5) is 5.69 Å². The fourth-order valence-electron chi connectivity index (χ4n) is 3.85. The number of hydrogen-bond donors (Lipinski definition) is 0. The average molecular weight is 344 g/mol. The Balaban J connectivity index is 1.67. The molecular formula is C23H24N2O. The molecule has 3 heteroatoms. The van der Waals surface area contributed by atoms with Gasteiger partial charge < -0.3 is 14.3 Å². The highest BCUT2D eigenvalue weighted by atomic mass is 16.1. The van der Waals surface area contributed by atoms with Gasteiger partial charge >= 0.3 is 0 Å². The van der Waals surface area contributed by atoms with Crippen LogP contribution in [0.2, 0.25) is 0 Å². The molecule has 0 N–H and O–H groups in total. The van der Waals surface area contributed by atoms with Crippen molar-refractivity contribution in [3.8, 4) is 22.5 Å². The van der Waals surface area contributed by atoms with Gasteiger partial charge in [0, 0.05) is 30.2 Å². The summed E-state index contributed by atoms with van der Waals surface area (Å²) in [6.45, 7) is 2.67. The molecule has 2 aromatic carbocycles. The van der Waals surface area contributed by atoms with Crippen molar-refractivity contribution in [2.75, 3.05) is 18.0 Å². The molecule has 3 aromatic rings. The summed E-state index contributed by atoms with van der Waals surface area (Å²) in [4.78, 5) is 13.7. The Labute approximate surface area is 154 Å². The third kappa shape index (κ3) is 3.30. The molecule has 1 fully saturated rings. The third-order valence-corrected chi connectivity index (χ3v) is 5.19. The van der Waals surface area contributed by atoms with Crippen molar-refractivity contribution < 1.29 is 4.79 Å². The highest BCUT2D eigenvalue weighted by Crippen LogP contribution is 2.30. The van der Waals surface area contributed by atoms with Crippen LogP contribution in [0.25, 0.3) is 22.5 Å². The van der Waals surface area contributed by atoms with Gasteiger partial charge in [-0.25, -0.2) is 0 Å². The first-order valence-electron chi connectivity index (χ1n) is 9.41. The number of aromatic nitrogens is 1. The molecule has 26 heavy (non-hydrogen) atoms. The molecule has 0 bridgehead atoms. The summed E-state index contributed by atoms with van der Waals surface area (Å²) in [7, 11) is 0. The molecule has 132 valence electrons. The molecule has 1 aliphatic rings. The summed E-state index contributed by atoms with van der Waals surface area (Å²) in [6.07, 6.45) is 4.88. The van der Waals surface area contributed by atoms with Gasteiger partial charge in [0.2, 0.25) is 0 Å². The van der Waals surface area contributed by atoms with Crippen LogP contribution in [0.3, 0.4) is 0 Å². The molecule has 0 aliphatic carbocycles. The number of nitrogens with zero attached hydrogens (tertiary/aromatic N) is 2. The summed E-state index contributed by atoms with van der Waals surface area (Å²) >= 11 is 0. The first-order valence-corrected chi connectivity index (χ1v) is 9.41. The second-order valence-electron chi connectivity index (χ2n) is 6.84. The summed E-state index contributed by atoms with van der Waals surface area (Å²) in [5.41, 5.74) is 5.74. The van der Waals surface area contributed by atoms with Crippen molar-refractivity contribution in [2.45, 2.75) is 25.8 Å². The molecular weight excluding hydrogens is 320 g/mol. The highest BCUT2D eigenvalue weighted by Gasteiger charge is 2.13.